The Bertz CT molecular complexity index is 1770. The molecule has 3 heterocycles. The molecule has 2 aromatic rings. The number of carbonyl (C=O) groups is 1. The molecule has 2 fully saturated rings. The van der Waals surface area contributed by atoms with Gasteiger partial charge in [0.05, 0.1) is 56.2 Å². The van der Waals surface area contributed by atoms with Crippen LogP contribution in [0.4, 0.5) is 4.79 Å². The molecule has 14 nitrogen and oxygen atoms in total. The number of halogens is 1. The van der Waals surface area contributed by atoms with Gasteiger partial charge >= 0.3 is 6.09 Å². The summed E-state index contributed by atoms with van der Waals surface area (Å²) in [6.07, 6.45) is 10.1. The zero-order chi connectivity index (χ0) is 43.0. The number of oxime groups is 1. The van der Waals surface area contributed by atoms with Crippen molar-refractivity contribution in [2.45, 2.75) is 102 Å². The van der Waals surface area contributed by atoms with E-state index in [2.05, 4.69) is 23.7 Å². The highest BCUT2D eigenvalue weighted by molar-refractivity contribution is 6.18. The third kappa shape index (κ3) is 11.6. The van der Waals surface area contributed by atoms with Crippen LogP contribution in [0.5, 0.6) is 11.5 Å². The lowest BCUT2D eigenvalue weighted by molar-refractivity contribution is -0.256. The molecule has 2 aliphatic carbocycles. The molecule has 1 unspecified atom stereocenters. The smallest absolute Gasteiger partial charge is 0.410 e. The van der Waals surface area contributed by atoms with E-state index in [1.807, 2.05) is 37.3 Å². The van der Waals surface area contributed by atoms with Crippen LogP contribution in [0.15, 0.2) is 65.9 Å². The molecular formula is C46H64ClN3O11. The van der Waals surface area contributed by atoms with E-state index < -0.39 is 30.1 Å². The number of hydrogen-bond acceptors (Lipinski definition) is 13. The van der Waals surface area contributed by atoms with Crippen LogP contribution in [0.25, 0.3) is 0 Å². The number of pyridine rings is 1. The first-order chi connectivity index (χ1) is 29.9. The molecule has 0 bridgehead atoms. The molecule has 6 rings (SSSR count). The number of amides is 1. The summed E-state index contributed by atoms with van der Waals surface area (Å²) in [7, 11) is 0. The number of unbranched alkanes of at least 4 members (excludes halogenated alkanes) is 2. The van der Waals surface area contributed by atoms with Gasteiger partial charge in [-0.1, -0.05) is 36.2 Å². The molecule has 1 aromatic carbocycles. The normalized spacial score (nSPS) is 26.0. The van der Waals surface area contributed by atoms with Crippen LogP contribution in [0.1, 0.15) is 87.1 Å². The van der Waals surface area contributed by atoms with Crippen LogP contribution in [-0.2, 0) is 30.4 Å². The summed E-state index contributed by atoms with van der Waals surface area (Å²) >= 11 is 6.04. The number of allylic oxidation sites excluding steroid dienone is 1. The molecule has 61 heavy (non-hydrogen) atoms. The number of carbonyl (C=O) groups excluding carboxylic acids is 1. The van der Waals surface area contributed by atoms with Gasteiger partial charge in [0.25, 0.3) is 0 Å². The molecule has 7 atom stereocenters. The number of nitrogens with zero attached hydrogens (tertiary/aromatic N) is 3. The summed E-state index contributed by atoms with van der Waals surface area (Å²) in [5.74, 6) is -0.855. The fourth-order valence-corrected chi connectivity index (χ4v) is 9.48. The minimum Gasteiger partial charge on any atom is -0.487 e. The minimum atomic E-state index is -1.49. The van der Waals surface area contributed by atoms with Gasteiger partial charge in [-0.15, -0.1) is 18.2 Å². The van der Waals surface area contributed by atoms with Crippen LogP contribution >= 0.6 is 11.6 Å². The quantitative estimate of drug-likeness (QED) is 0.0437. The maximum absolute atomic E-state index is 14.3. The number of fused-ring (bicyclic) bond motifs is 2. The van der Waals surface area contributed by atoms with Crippen molar-refractivity contribution in [2.75, 3.05) is 65.3 Å². The summed E-state index contributed by atoms with van der Waals surface area (Å²) < 4.78 is 38.2. The van der Waals surface area contributed by atoms with Crippen LogP contribution in [-0.4, -0.2) is 120 Å². The number of rotatable bonds is 24. The van der Waals surface area contributed by atoms with Crippen LogP contribution in [0.2, 0.25) is 0 Å². The Hall–Kier alpha value is -3.76. The maximum atomic E-state index is 14.3. The fraction of sp³-hybridized carbons (Fsp3) is 0.630. The second kappa shape index (κ2) is 23.6. The Morgan fingerprint density at radius 1 is 1.07 bits per heavy atom. The second-order valence-corrected chi connectivity index (χ2v) is 16.4. The van der Waals surface area contributed by atoms with Crippen molar-refractivity contribution in [3.63, 3.8) is 0 Å². The zero-order valence-electron chi connectivity index (χ0n) is 35.5. The van der Waals surface area contributed by atoms with Crippen LogP contribution in [0.3, 0.4) is 0 Å². The van der Waals surface area contributed by atoms with E-state index in [9.17, 15) is 20.1 Å². The minimum absolute atomic E-state index is 0.0190. The van der Waals surface area contributed by atoms with Gasteiger partial charge in [-0.25, -0.2) is 4.79 Å². The molecule has 1 saturated heterocycles. The molecule has 336 valence electrons. The summed E-state index contributed by atoms with van der Waals surface area (Å²) in [6.45, 7) is 7.16. The van der Waals surface area contributed by atoms with Gasteiger partial charge < -0.3 is 48.6 Å². The van der Waals surface area contributed by atoms with E-state index in [1.165, 1.54) is 0 Å². The fourth-order valence-electron chi connectivity index (χ4n) is 9.40. The molecule has 1 aromatic heterocycles. The van der Waals surface area contributed by atoms with Gasteiger partial charge in [0, 0.05) is 49.8 Å². The number of aromatic nitrogens is 1. The third-order valence-corrected chi connectivity index (χ3v) is 12.2. The van der Waals surface area contributed by atoms with Gasteiger partial charge in [-0.3, -0.25) is 9.88 Å². The van der Waals surface area contributed by atoms with Crippen molar-refractivity contribution in [1.29, 1.82) is 0 Å². The molecule has 1 saturated carbocycles. The highest BCUT2D eigenvalue weighted by Gasteiger charge is 2.65. The Labute approximate surface area is 364 Å². The number of alkyl halides is 1. The Balaban J connectivity index is 1.55. The lowest BCUT2D eigenvalue weighted by atomic mass is 9.55. The largest absolute Gasteiger partial charge is 0.487 e. The first-order valence-electron chi connectivity index (χ1n) is 22.0. The van der Waals surface area contributed by atoms with Crippen LogP contribution < -0.4 is 9.47 Å². The average Bonchev–Trinajstić information content (AvgIpc) is 3.28. The highest BCUT2D eigenvalue weighted by Crippen LogP contribution is 2.62. The third-order valence-electron chi connectivity index (χ3n) is 12.0. The van der Waals surface area contributed by atoms with Crippen molar-refractivity contribution in [2.24, 2.45) is 22.9 Å². The van der Waals surface area contributed by atoms with Crippen molar-refractivity contribution in [1.82, 2.24) is 9.88 Å². The molecule has 1 amide bonds. The predicted octanol–water partition coefficient (Wildman–Crippen LogP) is 6.82. The second-order valence-electron chi connectivity index (χ2n) is 16.1. The van der Waals surface area contributed by atoms with Gasteiger partial charge in [0.2, 0.25) is 12.1 Å². The topological polar surface area (TPSA) is 171 Å². The summed E-state index contributed by atoms with van der Waals surface area (Å²) in [5.41, 5.74) is 4.19. The molecule has 3 N–H and O–H groups in total. The first kappa shape index (κ1) is 46.7. The number of aliphatic hydroxyl groups excluding tert-OH is 3. The SMILES string of the molecule is C=CCO[C@@]12Oc3ccc(OCc4cccc(C)n4)cc3[C@H]3[C@H](CCCCO)[C@@H](CCCCO)C=C(C(=NOC4CCCCO4)C[C@@H]1N(CCOCCO)C(=O)OCCCl)[C@H]32. The Kier molecular flexibility index (Phi) is 18.1. The number of benzene rings is 1. The van der Waals surface area contributed by atoms with Gasteiger partial charge in [0.1, 0.15) is 30.8 Å². The lowest BCUT2D eigenvalue weighted by Gasteiger charge is -2.59. The number of aliphatic hydroxyl groups is 3. The molecule has 0 radical (unpaired) electrons. The molecule has 15 heteroatoms. The predicted molar refractivity (Wildman–Crippen MR) is 230 cm³/mol. The first-order valence-corrected chi connectivity index (χ1v) is 22.5. The molecule has 2 aliphatic heterocycles. The monoisotopic (exact) mass is 869 g/mol. The highest BCUT2D eigenvalue weighted by atomic mass is 35.5. The molecule has 0 spiro atoms. The maximum Gasteiger partial charge on any atom is 0.410 e. The van der Waals surface area contributed by atoms with E-state index in [-0.39, 0.29) is 89.5 Å². The van der Waals surface area contributed by atoms with Crippen LogP contribution in [0, 0.1) is 24.7 Å². The van der Waals surface area contributed by atoms with E-state index in [0.717, 1.165) is 61.0 Å². The number of ether oxygens (including phenoxy) is 6. The van der Waals surface area contributed by atoms with Crippen molar-refractivity contribution in [3.8, 4) is 11.5 Å². The van der Waals surface area contributed by atoms with Gasteiger partial charge in [-0.05, 0) is 93.2 Å². The standard InChI is InChI=1S/C46H64ClN3O11/c1-3-23-59-46-41(50(19-26-55-27-22-53)45(54)57-25-18-47)30-39(49-61-42-15-6-9-24-56-42)37-28-33(12-4-7-20-51)36(14-5-8-21-52)43(44(37)46)38-29-35(16-17-40(38)60-46)58-31-34-13-10-11-32(2)48-34/h3,10-11,13,16-17,28-29,33,36,41-44,51-53H,1,4-9,12,14-15,18-27,30-31H2,2H3/t33-,36+,41-,42?,43+,44+,46+/m0/s1. The number of hydrogen-bond donors (Lipinski definition) is 3. The van der Waals surface area contributed by atoms with Gasteiger partial charge in [0.15, 0.2) is 0 Å². The van der Waals surface area contributed by atoms with E-state index in [1.54, 1.807) is 11.0 Å². The Morgan fingerprint density at radius 3 is 2.64 bits per heavy atom. The van der Waals surface area contributed by atoms with Crippen molar-refractivity contribution >= 4 is 23.4 Å². The van der Waals surface area contributed by atoms with Crippen molar-refractivity contribution < 1.29 is 53.4 Å². The summed E-state index contributed by atoms with van der Waals surface area (Å²) in [4.78, 5) is 26.7. The van der Waals surface area contributed by atoms with E-state index in [0.29, 0.717) is 43.1 Å². The lowest BCUT2D eigenvalue weighted by Crippen LogP contribution is -2.70. The summed E-state index contributed by atoms with van der Waals surface area (Å²) in [5, 5.41) is 34.3. The zero-order valence-corrected chi connectivity index (χ0v) is 36.2. The Morgan fingerprint density at radius 2 is 1.90 bits per heavy atom. The van der Waals surface area contributed by atoms with E-state index in [4.69, 9.17) is 50.0 Å². The summed E-state index contributed by atoms with van der Waals surface area (Å²) in [6, 6.07) is 10.9. The van der Waals surface area contributed by atoms with Gasteiger partial charge in [-0.2, -0.15) is 0 Å². The van der Waals surface area contributed by atoms with E-state index >= 15 is 0 Å². The van der Waals surface area contributed by atoms with Crippen molar-refractivity contribution in [3.05, 3.63) is 77.7 Å². The molecular weight excluding hydrogens is 806 g/mol. The average molecular weight is 870 g/mol. The molecule has 4 aliphatic rings. The number of aryl methyl sites for hydroxylation is 1.